The van der Waals surface area contributed by atoms with E-state index in [1.165, 1.54) is 11.3 Å². The van der Waals surface area contributed by atoms with Crippen LogP contribution in [0.2, 0.25) is 0 Å². The Labute approximate surface area is 176 Å². The first-order valence-corrected chi connectivity index (χ1v) is 11.3. The van der Waals surface area contributed by atoms with Crippen molar-refractivity contribution in [3.63, 3.8) is 0 Å². The average molecular weight is 426 g/mol. The number of anilines is 1. The minimum atomic E-state index is 0.0258. The van der Waals surface area contributed by atoms with E-state index in [1.807, 2.05) is 33.6 Å². The summed E-state index contributed by atoms with van der Waals surface area (Å²) < 4.78 is 5.90. The van der Waals surface area contributed by atoms with Gasteiger partial charge >= 0.3 is 0 Å². The van der Waals surface area contributed by atoms with Crippen molar-refractivity contribution >= 4 is 34.5 Å². The summed E-state index contributed by atoms with van der Waals surface area (Å²) in [5, 5.41) is 14.3. The zero-order chi connectivity index (χ0) is 20.0. The van der Waals surface area contributed by atoms with Crippen LogP contribution in [0.25, 0.3) is 10.6 Å². The Kier molecular flexibility index (Phi) is 4.60. The zero-order valence-corrected chi connectivity index (χ0v) is 17.6. The molecular weight excluding hydrogens is 406 g/mol. The molecule has 5 rings (SSSR count). The van der Waals surface area contributed by atoms with Crippen LogP contribution in [0.4, 0.5) is 5.88 Å². The summed E-state index contributed by atoms with van der Waals surface area (Å²) in [6.45, 7) is 4.29. The van der Waals surface area contributed by atoms with Crippen LogP contribution in [-0.2, 0) is 0 Å². The molecule has 0 bridgehead atoms. The zero-order valence-electron chi connectivity index (χ0n) is 15.9. The number of hydrogen-bond donors (Lipinski definition) is 0. The minimum absolute atomic E-state index is 0.0258. The van der Waals surface area contributed by atoms with Crippen LogP contribution in [0.3, 0.4) is 0 Å². The molecule has 2 aliphatic rings. The van der Waals surface area contributed by atoms with Crippen molar-refractivity contribution in [2.75, 3.05) is 31.1 Å². The number of piperazine rings is 1. The maximum absolute atomic E-state index is 13.1. The lowest BCUT2D eigenvalue weighted by molar-refractivity contribution is 0.0749. The number of aromatic nitrogens is 2. The van der Waals surface area contributed by atoms with Crippen LogP contribution < -0.4 is 4.90 Å². The van der Waals surface area contributed by atoms with E-state index in [0.29, 0.717) is 54.4 Å². The molecule has 1 aliphatic heterocycles. The highest BCUT2D eigenvalue weighted by Crippen LogP contribution is 2.41. The highest BCUT2D eigenvalue weighted by atomic mass is 32.1. The van der Waals surface area contributed by atoms with E-state index in [4.69, 9.17) is 4.42 Å². The lowest BCUT2D eigenvalue weighted by Gasteiger charge is -2.34. The third kappa shape index (κ3) is 3.43. The number of carbonyl (C=O) groups excluding carboxylic acids is 1. The van der Waals surface area contributed by atoms with Crippen molar-refractivity contribution in [1.82, 2.24) is 14.9 Å². The van der Waals surface area contributed by atoms with Crippen LogP contribution in [0.1, 0.15) is 45.7 Å². The summed E-state index contributed by atoms with van der Waals surface area (Å²) in [6.07, 6.45) is 2.16. The number of hydrogen-bond acceptors (Lipinski definition) is 8. The smallest absolute Gasteiger partial charge is 0.265 e. The van der Waals surface area contributed by atoms with Gasteiger partial charge in [-0.2, -0.15) is 16.6 Å². The van der Waals surface area contributed by atoms with Gasteiger partial charge in [-0.25, -0.2) is 9.97 Å². The van der Waals surface area contributed by atoms with Gasteiger partial charge in [0, 0.05) is 43.0 Å². The number of aryl methyl sites for hydroxylation is 1. The SMILES string of the molecule is Cc1nc(-c2ccsc2)sc1C(=O)N1CCN(c2oc(C3CC3)nc2C#N)CC1. The number of nitrogens with zero attached hydrogens (tertiary/aromatic N) is 5. The second-order valence-corrected chi connectivity index (χ2v) is 9.10. The maximum atomic E-state index is 13.1. The molecule has 0 spiro atoms. The lowest BCUT2D eigenvalue weighted by atomic mass is 10.2. The normalized spacial score (nSPS) is 16.8. The van der Waals surface area contributed by atoms with E-state index in [-0.39, 0.29) is 5.91 Å². The van der Waals surface area contributed by atoms with Crippen LogP contribution >= 0.6 is 22.7 Å². The van der Waals surface area contributed by atoms with Crippen molar-refractivity contribution < 1.29 is 9.21 Å². The molecule has 0 aromatic carbocycles. The predicted octanol–water partition coefficient (Wildman–Crippen LogP) is 3.88. The third-order valence-corrected chi connectivity index (χ3v) is 7.15. The van der Waals surface area contributed by atoms with Crippen molar-refractivity contribution in [3.8, 4) is 16.6 Å². The number of carbonyl (C=O) groups is 1. The van der Waals surface area contributed by atoms with E-state index < -0.39 is 0 Å². The van der Waals surface area contributed by atoms with Gasteiger partial charge in [-0.05, 0) is 31.2 Å². The van der Waals surface area contributed by atoms with Crippen molar-refractivity contribution in [2.24, 2.45) is 0 Å². The van der Waals surface area contributed by atoms with Gasteiger partial charge in [0.25, 0.3) is 5.91 Å². The average Bonchev–Trinajstić information content (AvgIpc) is 3.15. The van der Waals surface area contributed by atoms with Gasteiger partial charge in [-0.15, -0.1) is 11.3 Å². The number of thiophene rings is 1. The molecule has 29 heavy (non-hydrogen) atoms. The molecule has 3 aromatic heterocycles. The van der Waals surface area contributed by atoms with Gasteiger partial charge in [0.1, 0.15) is 16.0 Å². The van der Waals surface area contributed by atoms with Gasteiger partial charge in [0.15, 0.2) is 0 Å². The van der Waals surface area contributed by atoms with E-state index in [2.05, 4.69) is 16.0 Å². The molecule has 1 saturated heterocycles. The number of oxazole rings is 1. The van der Waals surface area contributed by atoms with Gasteiger partial charge in [0.05, 0.1) is 5.69 Å². The van der Waals surface area contributed by atoms with Gasteiger partial charge < -0.3 is 14.2 Å². The summed E-state index contributed by atoms with van der Waals surface area (Å²) in [6, 6.07) is 4.17. The number of amides is 1. The Morgan fingerprint density at radius 2 is 2.07 bits per heavy atom. The molecule has 0 atom stereocenters. The molecule has 0 unspecified atom stereocenters. The fourth-order valence-electron chi connectivity index (χ4n) is 3.48. The monoisotopic (exact) mass is 425 g/mol. The molecule has 0 radical (unpaired) electrons. The Morgan fingerprint density at radius 1 is 1.28 bits per heavy atom. The van der Waals surface area contributed by atoms with E-state index in [1.54, 1.807) is 11.3 Å². The Bertz CT molecular complexity index is 1080. The molecule has 1 amide bonds. The fourth-order valence-corrected chi connectivity index (χ4v) is 5.23. The molecule has 148 valence electrons. The summed E-state index contributed by atoms with van der Waals surface area (Å²) in [4.78, 5) is 26.6. The number of thiazole rings is 1. The van der Waals surface area contributed by atoms with Crippen LogP contribution in [0.15, 0.2) is 21.2 Å². The van der Waals surface area contributed by atoms with Crippen molar-refractivity contribution in [2.45, 2.75) is 25.7 Å². The Hall–Kier alpha value is -2.70. The highest BCUT2D eigenvalue weighted by Gasteiger charge is 2.33. The summed E-state index contributed by atoms with van der Waals surface area (Å²) in [5.41, 5.74) is 2.19. The standard InChI is InChI=1S/C20H19N5O2S2/c1-12-16(29-18(22-12)14-4-9-28-11-14)19(26)24-5-7-25(8-6-24)20-15(10-21)23-17(27-20)13-2-3-13/h4,9,11,13H,2-3,5-8H2,1H3. The van der Waals surface area contributed by atoms with Crippen LogP contribution in [0, 0.1) is 18.3 Å². The molecule has 3 aromatic rings. The van der Waals surface area contributed by atoms with Crippen LogP contribution in [0.5, 0.6) is 0 Å². The van der Waals surface area contributed by atoms with E-state index >= 15 is 0 Å². The van der Waals surface area contributed by atoms with E-state index in [9.17, 15) is 10.1 Å². The first-order valence-electron chi connectivity index (χ1n) is 9.59. The Balaban J connectivity index is 1.29. The Morgan fingerprint density at radius 3 is 2.72 bits per heavy atom. The molecule has 1 aliphatic carbocycles. The van der Waals surface area contributed by atoms with Crippen molar-refractivity contribution in [3.05, 3.63) is 39.0 Å². The topological polar surface area (TPSA) is 86.3 Å². The molecular formula is C20H19N5O2S2. The molecule has 7 nitrogen and oxygen atoms in total. The first kappa shape index (κ1) is 18.3. The second kappa shape index (κ2) is 7.28. The first-order chi connectivity index (χ1) is 14.1. The molecule has 4 heterocycles. The highest BCUT2D eigenvalue weighted by molar-refractivity contribution is 7.17. The van der Waals surface area contributed by atoms with Gasteiger partial charge in [0.2, 0.25) is 17.5 Å². The van der Waals surface area contributed by atoms with Gasteiger partial charge in [-0.3, -0.25) is 4.79 Å². The summed E-state index contributed by atoms with van der Waals surface area (Å²) >= 11 is 3.08. The molecule has 0 N–H and O–H groups in total. The minimum Gasteiger partial charge on any atom is -0.423 e. The number of rotatable bonds is 4. The molecule has 2 fully saturated rings. The molecule has 9 heteroatoms. The van der Waals surface area contributed by atoms with E-state index in [0.717, 1.165) is 29.1 Å². The number of nitriles is 1. The van der Waals surface area contributed by atoms with Gasteiger partial charge in [-0.1, -0.05) is 0 Å². The van der Waals surface area contributed by atoms with Crippen molar-refractivity contribution in [1.29, 1.82) is 5.26 Å². The van der Waals surface area contributed by atoms with Crippen LogP contribution in [-0.4, -0.2) is 47.0 Å². The summed E-state index contributed by atoms with van der Waals surface area (Å²) in [7, 11) is 0. The lowest BCUT2D eigenvalue weighted by Crippen LogP contribution is -2.48. The quantitative estimate of drug-likeness (QED) is 0.630. The molecule has 1 saturated carbocycles. The third-order valence-electron chi connectivity index (χ3n) is 5.27. The predicted molar refractivity (Wildman–Crippen MR) is 111 cm³/mol. The largest absolute Gasteiger partial charge is 0.423 e. The fraction of sp³-hybridized carbons (Fsp3) is 0.400. The maximum Gasteiger partial charge on any atom is 0.265 e. The second-order valence-electron chi connectivity index (χ2n) is 7.32. The summed E-state index contributed by atoms with van der Waals surface area (Å²) in [5.74, 6) is 1.62.